The van der Waals surface area contributed by atoms with Crippen LogP contribution in [-0.2, 0) is 6.42 Å². The number of hydrogen-bond donors (Lipinski definition) is 0. The fourth-order valence-corrected chi connectivity index (χ4v) is 2.56. The van der Waals surface area contributed by atoms with Crippen molar-refractivity contribution in [2.75, 3.05) is 26.2 Å². The maximum atomic E-state index is 5.17. The summed E-state index contributed by atoms with van der Waals surface area (Å²) in [6.07, 6.45) is 3.84. The summed E-state index contributed by atoms with van der Waals surface area (Å²) >= 11 is 0. The molecule has 0 saturated carbocycles. The topological polar surface area (TPSA) is 7.60 Å². The van der Waals surface area contributed by atoms with Gasteiger partial charge in [0, 0.05) is 0 Å². The Balaban J connectivity index is 1.74. The summed E-state index contributed by atoms with van der Waals surface area (Å²) < 4.78 is 0. The lowest BCUT2D eigenvalue weighted by atomic mass is 9.90. The number of rotatable bonds is 4. The lowest BCUT2D eigenvalue weighted by Gasteiger charge is -2.30. The van der Waals surface area contributed by atoms with Gasteiger partial charge in [0.05, 0.1) is 6.54 Å². The van der Waals surface area contributed by atoms with Gasteiger partial charge in [0.25, 0.3) is 13.1 Å². The maximum absolute atomic E-state index is 5.17. The first-order valence-electron chi connectivity index (χ1n) is 6.51. The van der Waals surface area contributed by atoms with Crippen molar-refractivity contribution in [1.82, 2.24) is 4.90 Å². The second-order valence-electron chi connectivity index (χ2n) is 4.88. The van der Waals surface area contributed by atoms with Crippen LogP contribution in [0.25, 0.3) is 4.85 Å². The van der Waals surface area contributed by atoms with Gasteiger partial charge in [0.1, 0.15) is 0 Å². The van der Waals surface area contributed by atoms with Gasteiger partial charge in [-0.25, -0.2) is 0 Å². The molecule has 0 bridgehead atoms. The zero-order valence-corrected chi connectivity index (χ0v) is 10.4. The zero-order chi connectivity index (χ0) is 11.9. The number of likely N-dealkylation sites (tertiary alicyclic amines) is 1. The van der Waals surface area contributed by atoms with E-state index in [4.69, 9.17) is 6.57 Å². The summed E-state index contributed by atoms with van der Waals surface area (Å²) in [5.41, 5.74) is 1.47. The molecule has 0 aliphatic carbocycles. The molecule has 0 aromatic heterocycles. The van der Waals surface area contributed by atoms with Gasteiger partial charge in [-0.05, 0) is 43.8 Å². The Hall–Kier alpha value is -1.33. The van der Waals surface area contributed by atoms with Crippen molar-refractivity contribution in [1.29, 1.82) is 0 Å². The Bertz CT molecular complexity index is 358. The Morgan fingerprint density at radius 3 is 2.53 bits per heavy atom. The van der Waals surface area contributed by atoms with Crippen molar-refractivity contribution >= 4 is 0 Å². The summed E-state index contributed by atoms with van der Waals surface area (Å²) in [5.74, 6) is 0.850. The van der Waals surface area contributed by atoms with E-state index < -0.39 is 0 Å². The normalized spacial score (nSPS) is 17.8. The molecule has 2 heteroatoms. The van der Waals surface area contributed by atoms with Crippen molar-refractivity contribution in [3.8, 4) is 6.57 Å². The molecule has 0 radical (unpaired) electrons. The number of hydrogen-bond acceptors (Lipinski definition) is 1. The number of benzene rings is 1. The van der Waals surface area contributed by atoms with Gasteiger partial charge in [0.15, 0.2) is 0 Å². The molecule has 1 aliphatic heterocycles. The van der Waals surface area contributed by atoms with Crippen LogP contribution in [0, 0.1) is 12.5 Å². The molecule has 0 amide bonds. The van der Waals surface area contributed by atoms with Crippen molar-refractivity contribution in [3.63, 3.8) is 0 Å². The minimum atomic E-state index is 0.767. The smallest absolute Gasteiger partial charge is 0.275 e. The molecule has 0 N–H and O–H groups in total. The molecule has 0 atom stereocenters. The highest BCUT2D eigenvalue weighted by atomic mass is 15.1. The maximum Gasteiger partial charge on any atom is 0.275 e. The van der Waals surface area contributed by atoms with Gasteiger partial charge in [-0.15, -0.1) is 0 Å². The molecule has 2 nitrogen and oxygen atoms in total. The first kappa shape index (κ1) is 12.1. The van der Waals surface area contributed by atoms with Crippen molar-refractivity contribution < 1.29 is 0 Å². The summed E-state index contributed by atoms with van der Waals surface area (Å²) in [6, 6.07) is 10.8. The Kier molecular flexibility index (Phi) is 4.58. The molecular formula is C15H21N2+. The third-order valence-electron chi connectivity index (χ3n) is 3.62. The highest BCUT2D eigenvalue weighted by Gasteiger charge is 2.19. The fraction of sp³-hybridized carbons (Fsp3) is 0.533. The highest BCUT2D eigenvalue weighted by molar-refractivity contribution is 5.15. The Labute approximate surface area is 104 Å². The van der Waals surface area contributed by atoms with Gasteiger partial charge in [0.2, 0.25) is 0 Å². The van der Waals surface area contributed by atoms with Gasteiger partial charge in [-0.2, -0.15) is 0 Å². The second-order valence-corrected chi connectivity index (χ2v) is 4.88. The SMILES string of the molecule is C#[N+]CCN1CCC(Cc2ccccc2)CC1. The number of nitrogens with zero attached hydrogens (tertiary/aromatic N) is 2. The molecule has 1 saturated heterocycles. The summed E-state index contributed by atoms with van der Waals surface area (Å²) in [6.45, 7) is 9.37. The number of piperidine rings is 1. The molecule has 1 aromatic rings. The third-order valence-corrected chi connectivity index (χ3v) is 3.62. The predicted octanol–water partition coefficient (Wildman–Crippen LogP) is 2.90. The minimum Gasteiger partial charge on any atom is -0.296 e. The molecule has 17 heavy (non-hydrogen) atoms. The molecule has 2 rings (SSSR count). The van der Waals surface area contributed by atoms with Crippen LogP contribution in [0.3, 0.4) is 0 Å². The Morgan fingerprint density at radius 2 is 1.88 bits per heavy atom. The minimum absolute atomic E-state index is 0.767. The quantitative estimate of drug-likeness (QED) is 0.770. The largest absolute Gasteiger partial charge is 0.296 e. The molecule has 0 unspecified atom stereocenters. The molecule has 1 fully saturated rings. The Morgan fingerprint density at radius 1 is 1.18 bits per heavy atom. The van der Waals surface area contributed by atoms with E-state index in [1.165, 1.54) is 37.9 Å². The van der Waals surface area contributed by atoms with Crippen LogP contribution < -0.4 is 0 Å². The summed E-state index contributed by atoms with van der Waals surface area (Å²) in [5, 5.41) is 0. The summed E-state index contributed by atoms with van der Waals surface area (Å²) in [4.78, 5) is 6.14. The highest BCUT2D eigenvalue weighted by Crippen LogP contribution is 2.21. The van der Waals surface area contributed by atoms with Gasteiger partial charge in [-0.1, -0.05) is 35.2 Å². The van der Waals surface area contributed by atoms with E-state index in [1.54, 1.807) is 0 Å². The zero-order valence-electron chi connectivity index (χ0n) is 10.4. The third kappa shape index (κ3) is 3.87. The van der Waals surface area contributed by atoms with E-state index in [-0.39, 0.29) is 0 Å². The molecule has 90 valence electrons. The monoisotopic (exact) mass is 229 g/mol. The van der Waals surface area contributed by atoms with Crippen molar-refractivity contribution in [2.45, 2.75) is 19.3 Å². The van der Waals surface area contributed by atoms with Crippen LogP contribution in [0.5, 0.6) is 0 Å². The van der Waals surface area contributed by atoms with Gasteiger partial charge in [-0.3, -0.25) is 4.90 Å². The predicted molar refractivity (Wildman–Crippen MR) is 72.5 cm³/mol. The van der Waals surface area contributed by atoms with Gasteiger partial charge < -0.3 is 0 Å². The molecule has 1 heterocycles. The standard InChI is InChI=1S/C15H21N2/c1-16-9-12-17-10-7-15(8-11-17)13-14-5-3-2-4-6-14/h1-6,15H,7-13H2/q+1. The van der Waals surface area contributed by atoms with Crippen LogP contribution in [0.1, 0.15) is 18.4 Å². The fourth-order valence-electron chi connectivity index (χ4n) is 2.56. The van der Waals surface area contributed by atoms with E-state index in [0.717, 1.165) is 19.0 Å². The van der Waals surface area contributed by atoms with E-state index in [2.05, 4.69) is 40.1 Å². The van der Waals surface area contributed by atoms with Crippen LogP contribution >= 0.6 is 0 Å². The average Bonchev–Trinajstić information content (AvgIpc) is 2.39. The second kappa shape index (κ2) is 6.42. The van der Waals surface area contributed by atoms with Crippen molar-refractivity contribution in [3.05, 3.63) is 40.7 Å². The van der Waals surface area contributed by atoms with Crippen molar-refractivity contribution in [2.24, 2.45) is 5.92 Å². The van der Waals surface area contributed by atoms with Crippen LogP contribution in [-0.4, -0.2) is 31.1 Å². The van der Waals surface area contributed by atoms with E-state index >= 15 is 0 Å². The van der Waals surface area contributed by atoms with Crippen LogP contribution in [0.15, 0.2) is 30.3 Å². The van der Waals surface area contributed by atoms with Crippen LogP contribution in [0.2, 0.25) is 0 Å². The van der Waals surface area contributed by atoms with E-state index in [9.17, 15) is 0 Å². The molecule has 0 spiro atoms. The molecular weight excluding hydrogens is 208 g/mol. The molecule has 1 aliphatic rings. The first-order valence-corrected chi connectivity index (χ1v) is 6.51. The van der Waals surface area contributed by atoms with E-state index in [0.29, 0.717) is 0 Å². The average molecular weight is 229 g/mol. The van der Waals surface area contributed by atoms with Gasteiger partial charge >= 0.3 is 0 Å². The lowest BCUT2D eigenvalue weighted by molar-refractivity contribution is 0.191. The summed E-state index contributed by atoms with van der Waals surface area (Å²) in [7, 11) is 0. The van der Waals surface area contributed by atoms with E-state index in [1.807, 2.05) is 0 Å². The molecule has 1 aromatic carbocycles. The lowest BCUT2D eigenvalue weighted by Crippen LogP contribution is -2.35. The van der Waals surface area contributed by atoms with Crippen LogP contribution in [0.4, 0.5) is 0 Å². The first-order chi connectivity index (χ1) is 8.38.